The Kier molecular flexibility index (Phi) is 4.12. The van der Waals surface area contributed by atoms with Gasteiger partial charge in [0, 0.05) is 13.1 Å². The van der Waals surface area contributed by atoms with Crippen molar-refractivity contribution < 1.29 is 21.7 Å². The minimum absolute atomic E-state index is 0. The molecule has 0 aliphatic carbocycles. The number of hydrogen-bond acceptors (Lipinski definition) is 5. The molecule has 1 aromatic heterocycles. The average molecular weight is 246 g/mol. The molecule has 1 aromatic rings. The van der Waals surface area contributed by atoms with E-state index >= 15 is 0 Å². The number of ether oxygens (including phenoxy) is 1. The lowest BCUT2D eigenvalue weighted by molar-refractivity contribution is -0.670. The first kappa shape index (κ1) is 12.8. The maximum Gasteiger partial charge on any atom is 0.407 e. The zero-order valence-corrected chi connectivity index (χ0v) is 10.2. The Morgan fingerprint density at radius 2 is 2.06 bits per heavy atom. The van der Waals surface area contributed by atoms with Crippen LogP contribution >= 0.6 is 0 Å². The smallest absolute Gasteiger partial charge is 0.407 e. The van der Waals surface area contributed by atoms with Gasteiger partial charge in [0.25, 0.3) is 0 Å². The normalized spacial score (nSPS) is 12.6. The third-order valence-corrected chi connectivity index (χ3v) is 2.51. The number of hydrogen-bond donors (Lipinski definition) is 1. The van der Waals surface area contributed by atoms with Crippen LogP contribution in [0.1, 0.15) is 13.8 Å². The van der Waals surface area contributed by atoms with Gasteiger partial charge < -0.3 is 27.8 Å². The molecule has 6 nitrogen and oxygen atoms in total. The summed E-state index contributed by atoms with van der Waals surface area (Å²) in [4.78, 5) is 10.6. The lowest BCUT2D eigenvalue weighted by atomic mass is 10.5. The molecule has 2 N–H and O–H groups in total. The van der Waals surface area contributed by atoms with Crippen molar-refractivity contribution in [2.45, 2.75) is 20.4 Å². The summed E-state index contributed by atoms with van der Waals surface area (Å²) in [7, 11) is 0. The van der Waals surface area contributed by atoms with Crippen molar-refractivity contribution in [3.8, 4) is 6.01 Å². The van der Waals surface area contributed by atoms with Crippen LogP contribution in [0.4, 0.5) is 11.9 Å². The zero-order valence-electron chi connectivity index (χ0n) is 9.48. The highest BCUT2D eigenvalue weighted by Gasteiger charge is 2.26. The van der Waals surface area contributed by atoms with Gasteiger partial charge in [-0.05, 0) is 18.8 Å². The fourth-order valence-corrected chi connectivity index (χ4v) is 1.63. The van der Waals surface area contributed by atoms with Gasteiger partial charge in [0.05, 0.1) is 0 Å². The molecule has 0 saturated heterocycles. The summed E-state index contributed by atoms with van der Waals surface area (Å²) in [6.07, 6.45) is 0. The summed E-state index contributed by atoms with van der Waals surface area (Å²) in [5, 5.41) is 0. The highest BCUT2D eigenvalue weighted by Crippen LogP contribution is 2.14. The van der Waals surface area contributed by atoms with Crippen molar-refractivity contribution in [2.24, 2.45) is 0 Å². The monoisotopic (exact) mass is 245 g/mol. The molecule has 0 atom stereocenters. The van der Waals surface area contributed by atoms with E-state index < -0.39 is 0 Å². The van der Waals surface area contributed by atoms with Crippen LogP contribution in [-0.2, 0) is 6.54 Å². The number of nitrogen functional groups attached to an aromatic ring is 1. The molecule has 16 heavy (non-hydrogen) atoms. The molecular formula is C9H16ClN5O. The summed E-state index contributed by atoms with van der Waals surface area (Å²) in [6, 6.07) is 0.574. The maximum atomic E-state index is 5.83. The quantitative estimate of drug-likeness (QED) is 0.562. The van der Waals surface area contributed by atoms with Crippen molar-refractivity contribution in [3.05, 3.63) is 0 Å². The number of halogens is 1. The van der Waals surface area contributed by atoms with E-state index in [1.807, 2.05) is 4.90 Å². The van der Waals surface area contributed by atoms with Gasteiger partial charge in [0.15, 0.2) is 0 Å². The van der Waals surface area contributed by atoms with E-state index in [1.165, 1.54) is 0 Å². The standard InChI is InChI=1S/C9H15N5O.ClH/c1-3-13(4-2)8-11-7(10)14-5-6-15-9(14)12-8;/h10H,3-6H2,1-2H3;1H. The summed E-state index contributed by atoms with van der Waals surface area (Å²) >= 11 is 0. The van der Waals surface area contributed by atoms with Crippen LogP contribution in [-0.4, -0.2) is 29.7 Å². The van der Waals surface area contributed by atoms with Crippen LogP contribution in [0.3, 0.4) is 0 Å². The number of aromatic nitrogens is 3. The first-order chi connectivity index (χ1) is 7.26. The fraction of sp³-hybridized carbons (Fsp3) is 0.667. The van der Waals surface area contributed by atoms with Gasteiger partial charge in [-0.2, -0.15) is 4.57 Å². The van der Waals surface area contributed by atoms with Crippen LogP contribution in [0.15, 0.2) is 0 Å². The van der Waals surface area contributed by atoms with E-state index in [0.717, 1.165) is 19.6 Å². The highest BCUT2D eigenvalue weighted by atomic mass is 35.5. The maximum absolute atomic E-state index is 5.83. The van der Waals surface area contributed by atoms with Crippen molar-refractivity contribution >= 4 is 11.9 Å². The van der Waals surface area contributed by atoms with E-state index in [0.29, 0.717) is 24.5 Å². The van der Waals surface area contributed by atoms with Crippen molar-refractivity contribution in [2.75, 3.05) is 30.3 Å². The van der Waals surface area contributed by atoms with E-state index in [1.54, 1.807) is 4.57 Å². The van der Waals surface area contributed by atoms with E-state index in [4.69, 9.17) is 10.5 Å². The minimum atomic E-state index is 0. The summed E-state index contributed by atoms with van der Waals surface area (Å²) < 4.78 is 7.15. The van der Waals surface area contributed by atoms with E-state index in [-0.39, 0.29) is 12.4 Å². The van der Waals surface area contributed by atoms with Crippen molar-refractivity contribution in [1.29, 1.82) is 0 Å². The molecule has 0 aromatic carbocycles. The van der Waals surface area contributed by atoms with Crippen molar-refractivity contribution in [1.82, 2.24) is 9.97 Å². The second-order valence-electron chi connectivity index (χ2n) is 3.34. The minimum Gasteiger partial charge on any atom is -1.00 e. The third-order valence-electron chi connectivity index (χ3n) is 2.51. The molecule has 0 radical (unpaired) electrons. The Morgan fingerprint density at radius 3 is 2.69 bits per heavy atom. The largest absolute Gasteiger partial charge is 1.00 e. The molecular weight excluding hydrogens is 230 g/mol. The molecule has 1 aliphatic rings. The molecule has 0 fully saturated rings. The van der Waals surface area contributed by atoms with Gasteiger partial charge >= 0.3 is 17.9 Å². The molecule has 2 heterocycles. The van der Waals surface area contributed by atoms with E-state index in [9.17, 15) is 0 Å². The molecule has 2 rings (SSSR count). The van der Waals surface area contributed by atoms with Gasteiger partial charge in [-0.15, -0.1) is 0 Å². The molecule has 7 heteroatoms. The number of fused-ring (bicyclic) bond motifs is 1. The average Bonchev–Trinajstić information content (AvgIpc) is 2.68. The fourth-order valence-electron chi connectivity index (χ4n) is 1.63. The topological polar surface area (TPSA) is 68.2 Å². The molecule has 0 saturated carbocycles. The lowest BCUT2D eigenvalue weighted by Crippen LogP contribution is -3.00. The van der Waals surface area contributed by atoms with Crippen LogP contribution in [0.5, 0.6) is 6.01 Å². The summed E-state index contributed by atoms with van der Waals surface area (Å²) in [6.45, 7) is 7.20. The molecule has 0 amide bonds. The zero-order chi connectivity index (χ0) is 10.8. The second-order valence-corrected chi connectivity index (χ2v) is 3.34. The van der Waals surface area contributed by atoms with Gasteiger partial charge in [-0.3, -0.25) is 0 Å². The number of anilines is 2. The molecule has 90 valence electrons. The van der Waals surface area contributed by atoms with Crippen LogP contribution in [0, 0.1) is 0 Å². The van der Waals surface area contributed by atoms with Gasteiger partial charge in [0.2, 0.25) is 0 Å². The highest BCUT2D eigenvalue weighted by molar-refractivity contribution is 5.32. The predicted octanol–water partition coefficient (Wildman–Crippen LogP) is -3.41. The SMILES string of the molecule is CCN(CC)c1nc(N)[n+]2c(n1)OCC2.[Cl-]. The summed E-state index contributed by atoms with van der Waals surface area (Å²) in [5.41, 5.74) is 5.83. The van der Waals surface area contributed by atoms with Crippen LogP contribution < -0.4 is 32.3 Å². The molecule has 1 aliphatic heterocycles. The van der Waals surface area contributed by atoms with E-state index in [2.05, 4.69) is 23.8 Å². The Balaban J connectivity index is 0.00000128. The number of nitrogens with zero attached hydrogens (tertiary/aromatic N) is 4. The first-order valence-electron chi connectivity index (χ1n) is 5.21. The molecule has 0 spiro atoms. The van der Waals surface area contributed by atoms with Gasteiger partial charge in [-0.1, -0.05) is 4.98 Å². The van der Waals surface area contributed by atoms with Crippen molar-refractivity contribution in [3.63, 3.8) is 0 Å². The van der Waals surface area contributed by atoms with Crippen LogP contribution in [0.2, 0.25) is 0 Å². The summed E-state index contributed by atoms with van der Waals surface area (Å²) in [5.74, 6) is 1.12. The molecule has 0 unspecified atom stereocenters. The number of rotatable bonds is 3. The first-order valence-corrected chi connectivity index (χ1v) is 5.21. The van der Waals surface area contributed by atoms with Gasteiger partial charge in [0.1, 0.15) is 13.2 Å². The number of nitrogens with two attached hydrogens (primary N) is 1. The van der Waals surface area contributed by atoms with Gasteiger partial charge in [-0.25, -0.2) is 0 Å². The Hall–Kier alpha value is -1.30. The van der Waals surface area contributed by atoms with Crippen LogP contribution in [0.25, 0.3) is 0 Å². The predicted molar refractivity (Wildman–Crippen MR) is 55.7 cm³/mol. The Labute approximate surface area is 101 Å². The lowest BCUT2D eigenvalue weighted by Gasteiger charge is -2.14. The Morgan fingerprint density at radius 1 is 1.38 bits per heavy atom. The Bertz CT molecular complexity index is 369. The third kappa shape index (κ3) is 2.11. The second kappa shape index (κ2) is 5.16. The molecule has 0 bridgehead atoms.